The summed E-state index contributed by atoms with van der Waals surface area (Å²) in [7, 11) is 2.94. The van der Waals surface area contributed by atoms with Crippen molar-refractivity contribution in [2.45, 2.75) is 123 Å². The first-order valence-electron chi connectivity index (χ1n) is 35.0. The summed E-state index contributed by atoms with van der Waals surface area (Å²) < 4.78 is 9.93. The Balaban J connectivity index is 0.000000124. The number of fused-ring (bicyclic) bond motifs is 16. The number of nitro groups is 4. The van der Waals surface area contributed by atoms with Gasteiger partial charge < -0.3 is 30.7 Å². The van der Waals surface area contributed by atoms with E-state index in [9.17, 15) is 64.4 Å². The fraction of sp³-hybridized carbons (Fsp3) is 0.256. The zero-order chi connectivity index (χ0) is 73.9. The number of carbonyl (C=O) groups is 5. The zero-order valence-corrected chi connectivity index (χ0v) is 58.3. The minimum absolute atomic E-state index is 0.0178. The Hall–Kier alpha value is -12.5. The number of unbranched alkanes of at least 4 members (excludes halogenated alkanes) is 3. The first kappa shape index (κ1) is 70.9. The number of aryl methyl sites for hydroxylation is 3. The van der Waals surface area contributed by atoms with Gasteiger partial charge in [0, 0.05) is 100 Å². The number of hydrogen-bond donors (Lipinski definition) is 4. The fourth-order valence-electron chi connectivity index (χ4n) is 15.2. The number of nitrogens with one attached hydrogen (secondary N) is 4. The molecule has 0 spiro atoms. The number of esters is 1. The molecule has 8 aromatic rings. The van der Waals surface area contributed by atoms with Crippen LogP contribution in [0.3, 0.4) is 0 Å². The summed E-state index contributed by atoms with van der Waals surface area (Å²) in [5.41, 5.74) is 26.0. The van der Waals surface area contributed by atoms with Gasteiger partial charge in [0.15, 0.2) is 0 Å². The summed E-state index contributed by atoms with van der Waals surface area (Å²) in [6.07, 6.45) is 12.3. The van der Waals surface area contributed by atoms with Crippen molar-refractivity contribution >= 4 is 120 Å². The highest BCUT2D eigenvalue weighted by Gasteiger charge is 2.35. The SMILES string of the molecule is CCCCCc1ccc2c(c1)C1=C(CC(=O)N2)c2cc([N+](=O)[O-])ccc2C1.CCCCc1ccc2c(c1)C1=C(CC(=O)N2)c2cc([N+](=O)[O-])ccc2C1.COC(=O)CCc1ccc2c(c1)C1=C(CC(=O)N2)c2cc([N+](=O)[O-])ccc2C1.COc1ccc2c(c1)NC(=O)CC1=C2Cc2ccc([N+](=O)[O-])cc21. The van der Waals surface area contributed by atoms with E-state index in [0.29, 0.717) is 43.5 Å². The summed E-state index contributed by atoms with van der Waals surface area (Å²) in [5.74, 6) is -0.0222. The van der Waals surface area contributed by atoms with Crippen LogP contribution in [0.4, 0.5) is 45.5 Å². The summed E-state index contributed by atoms with van der Waals surface area (Å²) in [6.45, 7) is 4.36. The van der Waals surface area contributed by atoms with E-state index in [0.717, 1.165) is 166 Å². The van der Waals surface area contributed by atoms with Crippen LogP contribution >= 0.6 is 0 Å². The van der Waals surface area contributed by atoms with Crippen LogP contribution in [-0.4, -0.2) is 63.5 Å². The van der Waals surface area contributed by atoms with Crippen LogP contribution in [0.1, 0.15) is 162 Å². The summed E-state index contributed by atoms with van der Waals surface area (Å²) in [5, 5.41) is 56.3. The highest BCUT2D eigenvalue weighted by molar-refractivity contribution is 6.16. The van der Waals surface area contributed by atoms with Crippen molar-refractivity contribution in [1.82, 2.24) is 0 Å². The molecular weight excluding hydrogens is 1340 g/mol. The number of anilines is 4. The Morgan fingerprint density at radius 3 is 1.01 bits per heavy atom. The van der Waals surface area contributed by atoms with Gasteiger partial charge in [-0.25, -0.2) is 0 Å². The van der Waals surface area contributed by atoms with Crippen LogP contribution in [-0.2, 0) is 73.7 Å². The van der Waals surface area contributed by atoms with Gasteiger partial charge in [0.2, 0.25) is 23.6 Å². The molecule has 0 aromatic heterocycles. The molecule has 4 aliphatic heterocycles. The monoisotopic (exact) mass is 1410 g/mol. The van der Waals surface area contributed by atoms with Crippen LogP contribution in [0.15, 0.2) is 146 Å². The molecule has 8 aliphatic rings. The number of carbonyl (C=O) groups excluding carboxylic acids is 5. The third-order valence-electron chi connectivity index (χ3n) is 20.4. The van der Waals surface area contributed by atoms with Crippen molar-refractivity contribution in [2.24, 2.45) is 0 Å². The zero-order valence-electron chi connectivity index (χ0n) is 58.3. The van der Waals surface area contributed by atoms with Crippen molar-refractivity contribution in [3.8, 4) is 5.75 Å². The maximum atomic E-state index is 12.4. The van der Waals surface area contributed by atoms with Gasteiger partial charge >= 0.3 is 5.97 Å². The molecule has 4 heterocycles. The number of ether oxygens (including phenoxy) is 2. The molecule has 16 rings (SSSR count). The summed E-state index contributed by atoms with van der Waals surface area (Å²) >= 11 is 0. The highest BCUT2D eigenvalue weighted by Crippen LogP contribution is 2.50. The van der Waals surface area contributed by atoms with E-state index in [4.69, 9.17) is 9.47 Å². The lowest BCUT2D eigenvalue weighted by molar-refractivity contribution is -0.385. The molecule has 0 saturated heterocycles. The van der Waals surface area contributed by atoms with Crippen LogP contribution < -0.4 is 26.0 Å². The van der Waals surface area contributed by atoms with Crippen LogP contribution in [0.25, 0.3) is 44.6 Å². The molecule has 0 saturated carbocycles. The van der Waals surface area contributed by atoms with E-state index < -0.39 is 9.85 Å². The van der Waals surface area contributed by atoms with Crippen LogP contribution in [0, 0.1) is 40.5 Å². The molecule has 0 unspecified atom stereocenters. The van der Waals surface area contributed by atoms with E-state index in [1.165, 1.54) is 43.2 Å². The molecule has 105 heavy (non-hydrogen) atoms. The quantitative estimate of drug-likeness (QED) is 0.0321. The van der Waals surface area contributed by atoms with Gasteiger partial charge in [-0.2, -0.15) is 0 Å². The number of nitrogens with zero attached hydrogens (tertiary/aromatic N) is 4. The molecule has 0 atom stereocenters. The second-order valence-electron chi connectivity index (χ2n) is 27.0. The molecule has 0 radical (unpaired) electrons. The number of non-ortho nitro benzene ring substituents is 4. The Morgan fingerprint density at radius 2 is 0.676 bits per heavy atom. The number of allylic oxidation sites excluding steroid dienone is 4. The van der Waals surface area contributed by atoms with Gasteiger partial charge in [0.1, 0.15) is 5.75 Å². The molecular formula is C82H74N8O15. The van der Waals surface area contributed by atoms with Gasteiger partial charge in [0.25, 0.3) is 22.7 Å². The Labute approximate surface area is 603 Å². The molecule has 0 fully saturated rings. The largest absolute Gasteiger partial charge is 0.497 e. The topological polar surface area (TPSA) is 324 Å². The molecule has 532 valence electrons. The van der Waals surface area contributed by atoms with E-state index in [2.05, 4.69) is 59.4 Å². The van der Waals surface area contributed by atoms with Gasteiger partial charge in [-0.15, -0.1) is 0 Å². The third kappa shape index (κ3) is 14.9. The van der Waals surface area contributed by atoms with E-state index in [-0.39, 0.29) is 94.3 Å². The third-order valence-corrected chi connectivity index (χ3v) is 20.4. The minimum atomic E-state index is -0.422. The standard InChI is InChI=1S/C22H22N2O3.C21H18N2O5.C21H20N2O3.C18H14N2O4/c1-2-3-4-5-14-6-9-21-20(10-14)18-11-15-7-8-16(24(26)27)12-17(15)19(18)13-22(25)23-21;1-28-21(25)7-3-12-2-6-19-18(8-12)16-9-13-4-5-14(23(26)27)10-15(13)17(16)11-20(24)22-19;1-2-3-4-13-5-8-20-19(9-13)17-10-14-6-7-15(23(25)26)11-16(14)18(17)12-21(24)22-20;1-24-12-4-5-13-15-6-10-2-3-11(20(22)23)7-14(10)16(15)9-18(21)19-17(13)8-12/h6-10,12H,2-5,11,13H2,1H3,(H,23,25);2,4-6,8,10H,3,7,9,11H2,1H3,(H,22,24);5-9,11H,2-4,10,12H2,1H3,(H,22,24);2-5,7-8H,6,9H2,1H3,(H,19,21). The number of methoxy groups -OCH3 is 2. The number of rotatable bonds is 15. The smallest absolute Gasteiger partial charge is 0.305 e. The van der Waals surface area contributed by atoms with Crippen LogP contribution in [0.5, 0.6) is 5.75 Å². The van der Waals surface area contributed by atoms with Gasteiger partial charge in [-0.3, -0.25) is 64.4 Å². The first-order chi connectivity index (χ1) is 50.6. The summed E-state index contributed by atoms with van der Waals surface area (Å²) in [4.78, 5) is 104. The molecule has 23 nitrogen and oxygen atoms in total. The van der Waals surface area contributed by atoms with Gasteiger partial charge in [0.05, 0.1) is 65.3 Å². The van der Waals surface area contributed by atoms with E-state index in [1.807, 2.05) is 54.6 Å². The second-order valence-corrected chi connectivity index (χ2v) is 27.0. The molecule has 0 bridgehead atoms. The number of benzene rings is 8. The highest BCUT2D eigenvalue weighted by atomic mass is 16.6. The minimum Gasteiger partial charge on any atom is -0.497 e. The Kier molecular flexibility index (Phi) is 20.4. The number of amides is 4. The molecule has 4 amide bonds. The van der Waals surface area contributed by atoms with Crippen molar-refractivity contribution in [2.75, 3.05) is 35.5 Å². The molecule has 4 aliphatic carbocycles. The average Bonchev–Trinajstić information content (AvgIpc) is 1.63. The first-order valence-corrected chi connectivity index (χ1v) is 35.0. The predicted octanol–water partition coefficient (Wildman–Crippen LogP) is 16.8. The predicted molar refractivity (Wildman–Crippen MR) is 402 cm³/mol. The molecule has 8 aromatic carbocycles. The lowest BCUT2D eigenvalue weighted by Gasteiger charge is -2.12. The summed E-state index contributed by atoms with van der Waals surface area (Å²) in [6, 6.07) is 43.5. The van der Waals surface area contributed by atoms with E-state index >= 15 is 0 Å². The average molecular weight is 1410 g/mol. The van der Waals surface area contributed by atoms with Crippen molar-refractivity contribution in [3.05, 3.63) is 270 Å². The molecule has 4 N–H and O–H groups in total. The van der Waals surface area contributed by atoms with Crippen LogP contribution in [0.2, 0.25) is 0 Å². The van der Waals surface area contributed by atoms with Crippen molar-refractivity contribution in [3.63, 3.8) is 0 Å². The molecule has 23 heteroatoms. The van der Waals surface area contributed by atoms with E-state index in [1.54, 1.807) is 61.7 Å². The van der Waals surface area contributed by atoms with Crippen molar-refractivity contribution in [1.29, 1.82) is 0 Å². The van der Waals surface area contributed by atoms with Gasteiger partial charge in [-0.1, -0.05) is 75.6 Å². The Bertz CT molecular complexity index is 5200. The maximum Gasteiger partial charge on any atom is 0.305 e. The second kappa shape index (κ2) is 30.2. The number of hydrogen-bond acceptors (Lipinski definition) is 15. The van der Waals surface area contributed by atoms with Gasteiger partial charge in [-0.05, 0) is 212 Å². The fourth-order valence-corrected chi connectivity index (χ4v) is 15.2. The lowest BCUT2D eigenvalue weighted by Crippen LogP contribution is -2.11. The Morgan fingerprint density at radius 1 is 0.352 bits per heavy atom. The van der Waals surface area contributed by atoms with Crippen molar-refractivity contribution < 1.29 is 53.1 Å². The maximum absolute atomic E-state index is 12.4. The number of nitro benzene ring substituents is 4. The lowest BCUT2D eigenvalue weighted by atomic mass is 9.95. The normalized spacial score (nSPS) is 14.9.